The van der Waals surface area contributed by atoms with Crippen molar-refractivity contribution >= 4 is 5.69 Å². The average molecular weight is 264 g/mol. The van der Waals surface area contributed by atoms with Gasteiger partial charge in [0.15, 0.2) is 0 Å². The van der Waals surface area contributed by atoms with E-state index in [-0.39, 0.29) is 17.6 Å². The standard InChI is InChI=1S/C12H16F4N2/c1-7(6-17)8(2)18-11-4-3-9(5-10(11)13)12(14,15)16/h3-5,7-8,18H,6,17H2,1-2H3. The molecule has 0 aliphatic carbocycles. The fourth-order valence-electron chi connectivity index (χ4n) is 1.40. The smallest absolute Gasteiger partial charge is 0.380 e. The van der Waals surface area contributed by atoms with E-state index in [4.69, 9.17) is 5.73 Å². The molecule has 2 atom stereocenters. The fraction of sp³-hybridized carbons (Fsp3) is 0.500. The van der Waals surface area contributed by atoms with Gasteiger partial charge >= 0.3 is 6.18 Å². The van der Waals surface area contributed by atoms with Gasteiger partial charge in [0.05, 0.1) is 11.3 Å². The highest BCUT2D eigenvalue weighted by Crippen LogP contribution is 2.31. The molecule has 0 aliphatic heterocycles. The van der Waals surface area contributed by atoms with Crippen molar-refractivity contribution in [1.29, 1.82) is 0 Å². The van der Waals surface area contributed by atoms with E-state index < -0.39 is 17.6 Å². The van der Waals surface area contributed by atoms with Crippen LogP contribution in [0.3, 0.4) is 0 Å². The van der Waals surface area contributed by atoms with Crippen molar-refractivity contribution in [2.75, 3.05) is 11.9 Å². The molecular formula is C12H16F4N2. The zero-order chi connectivity index (χ0) is 13.9. The Hall–Kier alpha value is -1.30. The molecule has 0 bridgehead atoms. The number of alkyl halides is 3. The molecule has 2 nitrogen and oxygen atoms in total. The zero-order valence-electron chi connectivity index (χ0n) is 10.2. The molecule has 0 saturated carbocycles. The zero-order valence-corrected chi connectivity index (χ0v) is 10.2. The highest BCUT2D eigenvalue weighted by molar-refractivity contribution is 5.47. The predicted molar refractivity (Wildman–Crippen MR) is 62.7 cm³/mol. The lowest BCUT2D eigenvalue weighted by atomic mass is 10.0. The molecule has 1 rings (SSSR count). The first-order chi connectivity index (χ1) is 8.25. The van der Waals surface area contributed by atoms with Crippen molar-refractivity contribution in [3.05, 3.63) is 29.6 Å². The lowest BCUT2D eigenvalue weighted by molar-refractivity contribution is -0.137. The van der Waals surface area contributed by atoms with E-state index in [0.717, 1.165) is 12.1 Å². The third-order valence-electron chi connectivity index (χ3n) is 2.90. The Bertz CT molecular complexity index is 404. The summed E-state index contributed by atoms with van der Waals surface area (Å²) in [6.45, 7) is 4.09. The van der Waals surface area contributed by atoms with Gasteiger partial charge in [-0.2, -0.15) is 13.2 Å². The topological polar surface area (TPSA) is 38.0 Å². The molecule has 18 heavy (non-hydrogen) atoms. The van der Waals surface area contributed by atoms with Crippen LogP contribution in [0.15, 0.2) is 18.2 Å². The van der Waals surface area contributed by atoms with Gasteiger partial charge in [0.2, 0.25) is 0 Å². The van der Waals surface area contributed by atoms with Gasteiger partial charge in [0.1, 0.15) is 5.82 Å². The van der Waals surface area contributed by atoms with Crippen LogP contribution in [-0.4, -0.2) is 12.6 Å². The predicted octanol–water partition coefficient (Wildman–Crippen LogP) is 3.24. The third kappa shape index (κ3) is 3.60. The van der Waals surface area contributed by atoms with Crippen LogP contribution in [0.4, 0.5) is 23.2 Å². The second-order valence-electron chi connectivity index (χ2n) is 4.34. The monoisotopic (exact) mass is 264 g/mol. The maximum atomic E-state index is 13.5. The molecule has 1 aromatic carbocycles. The number of nitrogens with two attached hydrogens (primary N) is 1. The van der Waals surface area contributed by atoms with Crippen LogP contribution in [0.25, 0.3) is 0 Å². The van der Waals surface area contributed by atoms with Crippen molar-refractivity contribution in [3.8, 4) is 0 Å². The van der Waals surface area contributed by atoms with Gasteiger partial charge in [0.25, 0.3) is 0 Å². The first-order valence-electron chi connectivity index (χ1n) is 5.59. The van der Waals surface area contributed by atoms with E-state index in [2.05, 4.69) is 5.32 Å². The first kappa shape index (κ1) is 14.8. The Balaban J connectivity index is 2.87. The molecule has 0 heterocycles. The van der Waals surface area contributed by atoms with Gasteiger partial charge in [-0.1, -0.05) is 6.92 Å². The first-order valence-corrected chi connectivity index (χ1v) is 5.59. The number of rotatable bonds is 4. The number of halogens is 4. The van der Waals surface area contributed by atoms with Crippen LogP contribution in [0.5, 0.6) is 0 Å². The van der Waals surface area contributed by atoms with E-state index in [9.17, 15) is 17.6 Å². The minimum absolute atomic E-state index is 0.0517. The maximum absolute atomic E-state index is 13.5. The van der Waals surface area contributed by atoms with Crippen molar-refractivity contribution < 1.29 is 17.6 Å². The number of nitrogens with one attached hydrogen (secondary N) is 1. The van der Waals surface area contributed by atoms with Gasteiger partial charge in [-0.3, -0.25) is 0 Å². The second-order valence-corrected chi connectivity index (χ2v) is 4.34. The number of benzene rings is 1. The quantitative estimate of drug-likeness (QED) is 0.819. The van der Waals surface area contributed by atoms with Crippen LogP contribution in [0.1, 0.15) is 19.4 Å². The van der Waals surface area contributed by atoms with Crippen LogP contribution in [0, 0.1) is 11.7 Å². The molecule has 0 aromatic heterocycles. The summed E-state index contributed by atoms with van der Waals surface area (Å²) in [5.74, 6) is -0.826. The summed E-state index contributed by atoms with van der Waals surface area (Å²) in [5, 5.41) is 2.82. The largest absolute Gasteiger partial charge is 0.416 e. The SMILES string of the molecule is CC(CN)C(C)Nc1ccc(C(F)(F)F)cc1F. The summed E-state index contributed by atoms with van der Waals surface area (Å²) < 4.78 is 50.5. The minimum atomic E-state index is -4.53. The van der Waals surface area contributed by atoms with Gasteiger partial charge in [-0.05, 0) is 37.6 Å². The molecule has 1 aromatic rings. The van der Waals surface area contributed by atoms with Gasteiger partial charge in [0, 0.05) is 6.04 Å². The molecule has 0 fully saturated rings. The Labute approximate surface area is 103 Å². The molecule has 0 spiro atoms. The summed E-state index contributed by atoms with van der Waals surface area (Å²) >= 11 is 0. The molecule has 0 aliphatic rings. The van der Waals surface area contributed by atoms with Crippen LogP contribution < -0.4 is 11.1 Å². The van der Waals surface area contributed by atoms with E-state index in [1.807, 2.05) is 6.92 Å². The average Bonchev–Trinajstić information content (AvgIpc) is 2.29. The van der Waals surface area contributed by atoms with Crippen LogP contribution in [-0.2, 0) is 6.18 Å². The number of anilines is 1. The van der Waals surface area contributed by atoms with E-state index in [0.29, 0.717) is 12.6 Å². The highest BCUT2D eigenvalue weighted by atomic mass is 19.4. The van der Waals surface area contributed by atoms with Crippen molar-refractivity contribution in [1.82, 2.24) is 0 Å². The van der Waals surface area contributed by atoms with Gasteiger partial charge < -0.3 is 11.1 Å². The Kier molecular flexibility index (Phi) is 4.56. The molecule has 6 heteroatoms. The molecule has 2 unspecified atom stereocenters. The van der Waals surface area contributed by atoms with Crippen LogP contribution >= 0.6 is 0 Å². The summed E-state index contributed by atoms with van der Waals surface area (Å²) in [6.07, 6.45) is -4.53. The van der Waals surface area contributed by atoms with Gasteiger partial charge in [-0.25, -0.2) is 4.39 Å². The van der Waals surface area contributed by atoms with E-state index in [1.54, 1.807) is 6.92 Å². The summed E-state index contributed by atoms with van der Waals surface area (Å²) in [6, 6.07) is 2.31. The van der Waals surface area contributed by atoms with E-state index in [1.165, 1.54) is 0 Å². The van der Waals surface area contributed by atoms with Crippen molar-refractivity contribution in [3.63, 3.8) is 0 Å². The lowest BCUT2D eigenvalue weighted by Crippen LogP contribution is -2.29. The number of hydrogen-bond acceptors (Lipinski definition) is 2. The Morgan fingerprint density at radius 2 is 1.89 bits per heavy atom. The normalized spacial score (nSPS) is 15.3. The molecule has 3 N–H and O–H groups in total. The van der Waals surface area contributed by atoms with Crippen molar-refractivity contribution in [2.45, 2.75) is 26.1 Å². The second kappa shape index (κ2) is 5.56. The van der Waals surface area contributed by atoms with E-state index >= 15 is 0 Å². The maximum Gasteiger partial charge on any atom is 0.416 e. The Morgan fingerprint density at radius 3 is 2.33 bits per heavy atom. The van der Waals surface area contributed by atoms with Crippen LogP contribution in [0.2, 0.25) is 0 Å². The number of hydrogen-bond donors (Lipinski definition) is 2. The summed E-state index contributed by atoms with van der Waals surface area (Å²) in [5.41, 5.74) is 4.52. The minimum Gasteiger partial charge on any atom is -0.380 e. The summed E-state index contributed by atoms with van der Waals surface area (Å²) in [4.78, 5) is 0. The Morgan fingerprint density at radius 1 is 1.28 bits per heavy atom. The third-order valence-corrected chi connectivity index (χ3v) is 2.90. The molecular weight excluding hydrogens is 248 g/mol. The molecule has 0 saturated heterocycles. The van der Waals surface area contributed by atoms with Gasteiger partial charge in [-0.15, -0.1) is 0 Å². The molecule has 0 amide bonds. The highest BCUT2D eigenvalue weighted by Gasteiger charge is 2.31. The lowest BCUT2D eigenvalue weighted by Gasteiger charge is -2.21. The molecule has 0 radical (unpaired) electrons. The van der Waals surface area contributed by atoms with Crippen molar-refractivity contribution in [2.24, 2.45) is 11.7 Å². The fourth-order valence-corrected chi connectivity index (χ4v) is 1.40. The summed E-state index contributed by atoms with van der Waals surface area (Å²) in [7, 11) is 0. The molecule has 102 valence electrons.